The molecule has 0 aliphatic heterocycles. The first kappa shape index (κ1) is 21.2. The second-order valence-electron chi connectivity index (χ2n) is 6.37. The molecule has 0 N–H and O–H groups in total. The summed E-state index contributed by atoms with van der Waals surface area (Å²) in [5, 5.41) is 0. The largest absolute Gasteiger partial charge is 0.417 e. The van der Waals surface area contributed by atoms with Gasteiger partial charge in [0.05, 0.1) is 5.57 Å². The lowest BCUT2D eigenvalue weighted by Gasteiger charge is -2.21. The molecule has 0 aliphatic rings. The van der Waals surface area contributed by atoms with Crippen molar-refractivity contribution >= 4 is 16.9 Å². The first-order chi connectivity index (χ1) is 11.6. The van der Waals surface area contributed by atoms with Gasteiger partial charge in [0, 0.05) is 0 Å². The molecule has 0 bridgehead atoms. The average Bonchev–Trinajstić information content (AvgIpc) is 2.55. The minimum absolute atomic E-state index is 0.156. The van der Waals surface area contributed by atoms with Crippen LogP contribution in [0.4, 0.5) is 13.2 Å². The van der Waals surface area contributed by atoms with Crippen molar-refractivity contribution in [2.75, 3.05) is 0 Å². The molecule has 0 spiro atoms. The van der Waals surface area contributed by atoms with Crippen LogP contribution in [0.1, 0.15) is 70.6 Å². The highest BCUT2D eigenvalue weighted by molar-refractivity contribution is 5.98. The van der Waals surface area contributed by atoms with Crippen LogP contribution in [0.15, 0.2) is 29.8 Å². The topological polar surface area (TPSA) is 17.1 Å². The number of alkyl halides is 3. The van der Waals surface area contributed by atoms with E-state index in [4.69, 9.17) is 0 Å². The van der Waals surface area contributed by atoms with Crippen LogP contribution < -0.4 is 0 Å². The molecule has 0 aromatic heterocycles. The fraction of sp³-hybridized carbons (Fsp3) is 0.476. The maximum atomic E-state index is 13.8. The Kier molecular flexibility index (Phi) is 7.65. The van der Waals surface area contributed by atoms with E-state index in [0.717, 1.165) is 43.4 Å². The van der Waals surface area contributed by atoms with Gasteiger partial charge >= 0.3 is 6.18 Å². The molecular formula is C21H27F3O. The van der Waals surface area contributed by atoms with E-state index < -0.39 is 17.5 Å². The lowest BCUT2D eigenvalue weighted by Crippen LogP contribution is -2.15. The molecule has 138 valence electrons. The van der Waals surface area contributed by atoms with Crippen LogP contribution >= 0.6 is 0 Å². The van der Waals surface area contributed by atoms with Gasteiger partial charge in [-0.2, -0.15) is 13.2 Å². The molecule has 1 nitrogen and oxygen atoms in total. The minimum Gasteiger partial charge on any atom is -0.295 e. The first-order valence-electron chi connectivity index (χ1n) is 8.71. The van der Waals surface area contributed by atoms with E-state index in [-0.39, 0.29) is 5.56 Å². The highest BCUT2D eigenvalue weighted by atomic mass is 19.4. The zero-order valence-electron chi connectivity index (χ0n) is 15.7. The molecule has 1 aromatic rings. The van der Waals surface area contributed by atoms with Gasteiger partial charge < -0.3 is 0 Å². The number of ketones is 1. The lowest BCUT2D eigenvalue weighted by molar-refractivity contribution is -0.113. The predicted molar refractivity (Wildman–Crippen MR) is 98.3 cm³/mol. The van der Waals surface area contributed by atoms with Gasteiger partial charge in [-0.1, -0.05) is 44.0 Å². The number of halogens is 3. The van der Waals surface area contributed by atoms with Gasteiger partial charge in [0.15, 0.2) is 5.78 Å². The number of unbranched alkanes of at least 4 members (excludes halogenated alkanes) is 1. The number of hydrogen-bond donors (Lipinski definition) is 0. The van der Waals surface area contributed by atoms with E-state index in [1.165, 1.54) is 0 Å². The second-order valence-corrected chi connectivity index (χ2v) is 6.37. The van der Waals surface area contributed by atoms with Crippen LogP contribution in [-0.4, -0.2) is 12.0 Å². The summed E-state index contributed by atoms with van der Waals surface area (Å²) in [5.74, 6) is -0.600. The molecule has 0 heterocycles. The molecule has 25 heavy (non-hydrogen) atoms. The average molecular weight is 352 g/mol. The van der Waals surface area contributed by atoms with E-state index in [1.54, 1.807) is 18.2 Å². The maximum absolute atomic E-state index is 13.8. The molecular weight excluding hydrogens is 325 g/mol. The quantitative estimate of drug-likeness (QED) is 0.495. The van der Waals surface area contributed by atoms with E-state index in [1.807, 2.05) is 27.7 Å². The lowest BCUT2D eigenvalue weighted by atomic mass is 9.86. The molecule has 0 amide bonds. The summed E-state index contributed by atoms with van der Waals surface area (Å²) in [7, 11) is 0. The van der Waals surface area contributed by atoms with Crippen LogP contribution in [0, 0.1) is 0 Å². The Morgan fingerprint density at radius 3 is 2.24 bits per heavy atom. The molecule has 1 aromatic carbocycles. The fourth-order valence-electron chi connectivity index (χ4n) is 2.80. The van der Waals surface area contributed by atoms with Crippen LogP contribution in [-0.2, 0) is 11.2 Å². The van der Waals surface area contributed by atoms with E-state index in [9.17, 15) is 18.0 Å². The maximum Gasteiger partial charge on any atom is 0.417 e. The van der Waals surface area contributed by atoms with Crippen molar-refractivity contribution in [2.45, 2.75) is 66.5 Å². The van der Waals surface area contributed by atoms with Gasteiger partial charge in [-0.25, -0.2) is 0 Å². The third-order valence-corrected chi connectivity index (χ3v) is 4.45. The van der Waals surface area contributed by atoms with Crippen molar-refractivity contribution in [3.63, 3.8) is 0 Å². The van der Waals surface area contributed by atoms with Gasteiger partial charge in [-0.3, -0.25) is 4.79 Å². The van der Waals surface area contributed by atoms with Gasteiger partial charge in [0.1, 0.15) is 0 Å². The Hall–Kier alpha value is -1.84. The Morgan fingerprint density at radius 1 is 1.12 bits per heavy atom. The molecule has 0 aliphatic carbocycles. The normalized spacial score (nSPS) is 13.7. The summed E-state index contributed by atoms with van der Waals surface area (Å²) in [6, 6.07) is 5.26. The fourth-order valence-corrected chi connectivity index (χ4v) is 2.80. The number of allylic oxidation sites excluding steroid dienone is 4. The zero-order valence-corrected chi connectivity index (χ0v) is 15.7. The summed E-state index contributed by atoms with van der Waals surface area (Å²) < 4.78 is 41.3. The van der Waals surface area contributed by atoms with Crippen LogP contribution in [0.25, 0.3) is 11.1 Å². The SMILES string of the molecule is CCCCc1cccc(/C(C)=C(\C)CC)c1/C(=C\C(C)=O)C(F)(F)F. The minimum atomic E-state index is -4.58. The predicted octanol–water partition coefficient (Wildman–Crippen LogP) is 6.77. The molecule has 0 radical (unpaired) electrons. The Bertz CT molecular complexity index is 679. The van der Waals surface area contributed by atoms with Crippen molar-refractivity contribution < 1.29 is 18.0 Å². The number of hydrogen-bond acceptors (Lipinski definition) is 1. The number of rotatable bonds is 7. The molecule has 4 heteroatoms. The molecule has 0 saturated carbocycles. The summed E-state index contributed by atoms with van der Waals surface area (Å²) in [5.41, 5.74) is 2.41. The number of carbonyl (C=O) groups is 1. The second kappa shape index (κ2) is 9.02. The van der Waals surface area contributed by atoms with Crippen molar-refractivity contribution in [1.82, 2.24) is 0 Å². The van der Waals surface area contributed by atoms with E-state index in [2.05, 4.69) is 0 Å². The summed E-state index contributed by atoms with van der Waals surface area (Å²) in [6.07, 6.45) is -0.834. The highest BCUT2D eigenvalue weighted by Crippen LogP contribution is 2.40. The number of benzene rings is 1. The summed E-state index contributed by atoms with van der Waals surface area (Å²) in [6.45, 7) is 8.92. The third kappa shape index (κ3) is 5.58. The smallest absolute Gasteiger partial charge is 0.295 e. The van der Waals surface area contributed by atoms with Gasteiger partial charge in [0.2, 0.25) is 0 Å². The Labute approximate surface area is 148 Å². The summed E-state index contributed by atoms with van der Waals surface area (Å²) in [4.78, 5) is 11.5. The van der Waals surface area contributed by atoms with E-state index >= 15 is 0 Å². The van der Waals surface area contributed by atoms with Crippen molar-refractivity contribution in [2.24, 2.45) is 0 Å². The third-order valence-electron chi connectivity index (χ3n) is 4.45. The van der Waals surface area contributed by atoms with Crippen LogP contribution in [0.3, 0.4) is 0 Å². The zero-order chi connectivity index (χ0) is 19.2. The van der Waals surface area contributed by atoms with Gasteiger partial charge in [-0.05, 0) is 68.4 Å². The summed E-state index contributed by atoms with van der Waals surface area (Å²) >= 11 is 0. The first-order valence-corrected chi connectivity index (χ1v) is 8.71. The number of carbonyl (C=O) groups excluding carboxylic acids is 1. The Morgan fingerprint density at radius 2 is 1.76 bits per heavy atom. The molecule has 1 rings (SSSR count). The monoisotopic (exact) mass is 352 g/mol. The molecule has 0 unspecified atom stereocenters. The van der Waals surface area contributed by atoms with Crippen molar-refractivity contribution in [1.29, 1.82) is 0 Å². The molecule has 0 saturated heterocycles. The Balaban J connectivity index is 3.80. The molecule has 0 atom stereocenters. The standard InChI is InChI=1S/C21H27F3O/c1-6-8-10-17-11-9-12-18(16(5)14(3)7-2)20(17)19(13-15(4)25)21(22,23)24/h9,11-13H,6-8,10H2,1-5H3/b16-14+,19-13+. The number of aryl methyl sites for hydroxylation is 1. The van der Waals surface area contributed by atoms with E-state index in [0.29, 0.717) is 17.5 Å². The van der Waals surface area contributed by atoms with Crippen molar-refractivity contribution in [3.8, 4) is 0 Å². The van der Waals surface area contributed by atoms with Gasteiger partial charge in [0.25, 0.3) is 0 Å². The van der Waals surface area contributed by atoms with Crippen LogP contribution in [0.2, 0.25) is 0 Å². The highest BCUT2D eigenvalue weighted by Gasteiger charge is 2.37. The van der Waals surface area contributed by atoms with Crippen molar-refractivity contribution in [3.05, 3.63) is 46.5 Å². The van der Waals surface area contributed by atoms with Gasteiger partial charge in [-0.15, -0.1) is 0 Å². The van der Waals surface area contributed by atoms with Crippen LogP contribution in [0.5, 0.6) is 0 Å². The molecule has 0 fully saturated rings.